The molecule has 3 N–H and O–H groups in total. The predicted molar refractivity (Wildman–Crippen MR) is 74.8 cm³/mol. The van der Waals surface area contributed by atoms with Crippen molar-refractivity contribution in [2.75, 3.05) is 0 Å². The number of furan rings is 1. The van der Waals surface area contributed by atoms with Crippen molar-refractivity contribution < 1.29 is 19.1 Å². The summed E-state index contributed by atoms with van der Waals surface area (Å²) in [4.78, 5) is 23.1. The van der Waals surface area contributed by atoms with Crippen LogP contribution in [0.15, 0.2) is 22.6 Å². The topological polar surface area (TPSA) is 108 Å². The van der Waals surface area contributed by atoms with Gasteiger partial charge in [-0.1, -0.05) is 13.8 Å². The molecule has 0 aromatic carbocycles. The molecule has 2 rings (SSSR count). The van der Waals surface area contributed by atoms with Crippen LogP contribution in [0.5, 0.6) is 0 Å². The van der Waals surface area contributed by atoms with Gasteiger partial charge < -0.3 is 14.8 Å². The lowest BCUT2D eigenvalue weighted by atomic mass is 10.0. The molecule has 7 heteroatoms. The zero-order valence-electron chi connectivity index (χ0n) is 12.0. The van der Waals surface area contributed by atoms with Gasteiger partial charge >= 0.3 is 5.97 Å². The Morgan fingerprint density at radius 1 is 1.38 bits per heavy atom. The van der Waals surface area contributed by atoms with Gasteiger partial charge in [-0.05, 0) is 25.0 Å². The van der Waals surface area contributed by atoms with E-state index in [1.807, 2.05) is 6.92 Å². The van der Waals surface area contributed by atoms with Crippen LogP contribution in [-0.2, 0) is 4.79 Å². The number of hydrogen-bond donors (Lipinski definition) is 3. The van der Waals surface area contributed by atoms with Crippen LogP contribution in [-0.4, -0.2) is 33.2 Å². The fraction of sp³-hybridized carbons (Fsp3) is 0.357. The highest BCUT2D eigenvalue weighted by Gasteiger charge is 2.25. The smallest absolute Gasteiger partial charge is 0.326 e. The van der Waals surface area contributed by atoms with Crippen molar-refractivity contribution in [2.45, 2.75) is 26.8 Å². The van der Waals surface area contributed by atoms with Crippen molar-refractivity contribution in [2.24, 2.45) is 5.92 Å². The molecule has 112 valence electrons. The number of aliphatic carboxylic acids is 1. The first kappa shape index (κ1) is 14.8. The van der Waals surface area contributed by atoms with E-state index < -0.39 is 17.9 Å². The zero-order valence-corrected chi connectivity index (χ0v) is 12.0. The molecule has 0 fully saturated rings. The third kappa shape index (κ3) is 3.31. The molecule has 0 radical (unpaired) electrons. The number of nitrogens with zero attached hydrogens (tertiary/aromatic N) is 1. The predicted octanol–water partition coefficient (Wildman–Crippen LogP) is 1.82. The second-order valence-corrected chi connectivity index (χ2v) is 5.11. The maximum absolute atomic E-state index is 12.0. The summed E-state index contributed by atoms with van der Waals surface area (Å²) < 4.78 is 5.42. The third-order valence-corrected chi connectivity index (χ3v) is 3.04. The molecule has 0 bridgehead atoms. The maximum atomic E-state index is 12.0. The number of nitrogens with one attached hydrogen (secondary N) is 2. The van der Waals surface area contributed by atoms with E-state index in [-0.39, 0.29) is 11.6 Å². The molecule has 0 spiro atoms. The molecule has 0 saturated carbocycles. The number of carbonyl (C=O) groups is 2. The van der Waals surface area contributed by atoms with Crippen molar-refractivity contribution in [3.63, 3.8) is 0 Å². The van der Waals surface area contributed by atoms with Crippen molar-refractivity contribution in [3.05, 3.63) is 29.7 Å². The minimum Gasteiger partial charge on any atom is -0.480 e. The Balaban J connectivity index is 2.14. The van der Waals surface area contributed by atoms with Crippen LogP contribution >= 0.6 is 0 Å². The number of carboxylic acids is 1. The third-order valence-electron chi connectivity index (χ3n) is 3.04. The molecule has 1 atom stereocenters. The van der Waals surface area contributed by atoms with E-state index in [0.29, 0.717) is 11.5 Å². The van der Waals surface area contributed by atoms with Crippen LogP contribution in [0.4, 0.5) is 0 Å². The van der Waals surface area contributed by atoms with Gasteiger partial charge in [0, 0.05) is 6.07 Å². The summed E-state index contributed by atoms with van der Waals surface area (Å²) in [7, 11) is 0. The first-order chi connectivity index (χ1) is 9.88. The van der Waals surface area contributed by atoms with Gasteiger partial charge in [0.25, 0.3) is 5.91 Å². The zero-order chi connectivity index (χ0) is 15.6. The van der Waals surface area contributed by atoms with E-state index in [1.54, 1.807) is 26.0 Å². The molecular weight excluding hydrogens is 274 g/mol. The van der Waals surface area contributed by atoms with Gasteiger partial charge in [0.15, 0.2) is 11.5 Å². The summed E-state index contributed by atoms with van der Waals surface area (Å²) in [6.45, 7) is 5.26. The molecular formula is C14H17N3O4. The Labute approximate surface area is 121 Å². The quantitative estimate of drug-likeness (QED) is 0.778. The Hall–Kier alpha value is -2.57. The Morgan fingerprint density at radius 3 is 2.62 bits per heavy atom. The Morgan fingerprint density at radius 2 is 2.10 bits per heavy atom. The molecule has 0 aliphatic rings. The molecule has 2 aromatic heterocycles. The van der Waals surface area contributed by atoms with E-state index in [2.05, 4.69) is 15.5 Å². The second kappa shape index (κ2) is 5.82. The van der Waals surface area contributed by atoms with Gasteiger partial charge in [-0.25, -0.2) is 4.79 Å². The highest BCUT2D eigenvalue weighted by Crippen LogP contribution is 2.20. The first-order valence-electron chi connectivity index (χ1n) is 6.54. The summed E-state index contributed by atoms with van der Waals surface area (Å²) >= 11 is 0. The maximum Gasteiger partial charge on any atom is 0.326 e. The van der Waals surface area contributed by atoms with Crippen LogP contribution < -0.4 is 5.32 Å². The van der Waals surface area contributed by atoms with Gasteiger partial charge in [0.1, 0.15) is 17.5 Å². The molecule has 0 aliphatic heterocycles. The molecule has 2 heterocycles. The minimum atomic E-state index is -1.07. The van der Waals surface area contributed by atoms with Crippen LogP contribution in [0.3, 0.4) is 0 Å². The molecule has 1 unspecified atom stereocenters. The van der Waals surface area contributed by atoms with Crippen molar-refractivity contribution in [1.82, 2.24) is 15.5 Å². The number of carbonyl (C=O) groups excluding carboxylic acids is 1. The largest absolute Gasteiger partial charge is 0.480 e. The number of rotatable bonds is 5. The molecule has 2 aromatic rings. The standard InChI is InChI=1S/C14H17N3O4/c1-7(2)12(14(19)20)15-13(18)10-6-9(16-17-10)11-5-4-8(3)21-11/h4-7,12H,1-3H3,(H,15,18)(H,16,17)(H,19,20). The first-order valence-corrected chi connectivity index (χ1v) is 6.54. The normalized spacial score (nSPS) is 12.4. The summed E-state index contributed by atoms with van der Waals surface area (Å²) in [6.07, 6.45) is 0. The molecule has 7 nitrogen and oxygen atoms in total. The number of H-pyrrole nitrogens is 1. The lowest BCUT2D eigenvalue weighted by molar-refractivity contribution is -0.140. The lowest BCUT2D eigenvalue weighted by Crippen LogP contribution is -2.44. The molecule has 21 heavy (non-hydrogen) atoms. The number of hydrogen-bond acceptors (Lipinski definition) is 4. The Bertz CT molecular complexity index is 657. The van der Waals surface area contributed by atoms with Crippen LogP contribution in [0.2, 0.25) is 0 Å². The number of aromatic amines is 1. The van der Waals surface area contributed by atoms with E-state index >= 15 is 0 Å². The van der Waals surface area contributed by atoms with E-state index in [1.165, 1.54) is 6.07 Å². The fourth-order valence-electron chi connectivity index (χ4n) is 1.87. The summed E-state index contributed by atoms with van der Waals surface area (Å²) in [5, 5.41) is 18.1. The monoisotopic (exact) mass is 291 g/mol. The number of aromatic nitrogens is 2. The SMILES string of the molecule is Cc1ccc(-c2cc(C(=O)NC(C(=O)O)C(C)C)n[nH]2)o1. The molecule has 0 saturated heterocycles. The highest BCUT2D eigenvalue weighted by atomic mass is 16.4. The van der Waals surface area contributed by atoms with E-state index in [0.717, 1.165) is 5.76 Å². The van der Waals surface area contributed by atoms with E-state index in [9.17, 15) is 9.59 Å². The van der Waals surface area contributed by atoms with Crippen molar-refractivity contribution in [3.8, 4) is 11.5 Å². The summed E-state index contributed by atoms with van der Waals surface area (Å²) in [5.41, 5.74) is 0.677. The van der Waals surface area contributed by atoms with Gasteiger partial charge in [0.2, 0.25) is 0 Å². The van der Waals surface area contributed by atoms with Crippen LogP contribution in [0.1, 0.15) is 30.1 Å². The average molecular weight is 291 g/mol. The van der Waals surface area contributed by atoms with Gasteiger partial charge in [-0.3, -0.25) is 9.89 Å². The van der Waals surface area contributed by atoms with E-state index in [4.69, 9.17) is 9.52 Å². The Kier molecular flexibility index (Phi) is 4.11. The summed E-state index contributed by atoms with van der Waals surface area (Å²) in [6, 6.07) is 4.13. The number of carboxylic acid groups (broad SMARTS) is 1. The number of aryl methyl sites for hydroxylation is 1. The second-order valence-electron chi connectivity index (χ2n) is 5.11. The fourth-order valence-corrected chi connectivity index (χ4v) is 1.87. The van der Waals surface area contributed by atoms with Gasteiger partial charge in [-0.15, -0.1) is 0 Å². The highest BCUT2D eigenvalue weighted by molar-refractivity contribution is 5.95. The van der Waals surface area contributed by atoms with Gasteiger partial charge in [-0.2, -0.15) is 5.10 Å². The minimum absolute atomic E-state index is 0.117. The average Bonchev–Trinajstić information content (AvgIpc) is 3.03. The van der Waals surface area contributed by atoms with Crippen LogP contribution in [0, 0.1) is 12.8 Å². The molecule has 1 amide bonds. The lowest BCUT2D eigenvalue weighted by Gasteiger charge is -2.16. The van der Waals surface area contributed by atoms with Crippen LogP contribution in [0.25, 0.3) is 11.5 Å². The van der Waals surface area contributed by atoms with Crippen molar-refractivity contribution in [1.29, 1.82) is 0 Å². The summed E-state index contributed by atoms with van der Waals surface area (Å²) in [5.74, 6) is -0.524. The van der Waals surface area contributed by atoms with Crippen molar-refractivity contribution >= 4 is 11.9 Å². The molecule has 0 aliphatic carbocycles. The number of amides is 1. The van der Waals surface area contributed by atoms with Gasteiger partial charge in [0.05, 0.1) is 0 Å².